The fraction of sp³-hybridized carbons (Fsp3) is 0.389. The number of allylic oxidation sites excluding steroid dienone is 2. The number of nitrogens with zero attached hydrogens (tertiary/aromatic N) is 2. The molecule has 0 spiro atoms. The van der Waals surface area contributed by atoms with Crippen molar-refractivity contribution in [3.8, 4) is 0 Å². The van der Waals surface area contributed by atoms with Crippen LogP contribution in [0.25, 0.3) is 0 Å². The summed E-state index contributed by atoms with van der Waals surface area (Å²) in [5, 5.41) is 0. The molecule has 0 radical (unpaired) electrons. The van der Waals surface area contributed by atoms with Crippen LogP contribution in [-0.4, -0.2) is 50.1 Å². The summed E-state index contributed by atoms with van der Waals surface area (Å²) in [4.78, 5) is 56.0. The van der Waals surface area contributed by atoms with Crippen molar-refractivity contribution in [2.24, 2.45) is 47.3 Å². The van der Waals surface area contributed by atoms with E-state index in [4.69, 9.17) is 9.47 Å². The van der Waals surface area contributed by atoms with Crippen LogP contribution in [0.4, 0.5) is 11.4 Å². The zero-order valence-electron chi connectivity index (χ0n) is 25.0. The van der Waals surface area contributed by atoms with E-state index in [9.17, 15) is 19.2 Å². The molecule has 2 aliphatic heterocycles. The first kappa shape index (κ1) is 29.9. The lowest BCUT2D eigenvalue weighted by molar-refractivity contribution is -0.124. The molecule has 8 nitrogen and oxygen atoms in total. The maximum atomic E-state index is 13.4. The second-order valence-corrected chi connectivity index (χ2v) is 12.2. The lowest BCUT2D eigenvalue weighted by Crippen LogP contribution is -2.35. The van der Waals surface area contributed by atoms with E-state index in [1.54, 1.807) is 24.3 Å². The number of imide groups is 2. The molecule has 8 atom stereocenters. The van der Waals surface area contributed by atoms with Gasteiger partial charge in [-0.15, -0.1) is 0 Å². The van der Waals surface area contributed by atoms with E-state index in [1.165, 1.54) is 9.80 Å². The highest BCUT2D eigenvalue weighted by Gasteiger charge is 2.55. The smallest absolute Gasteiger partial charge is 0.238 e. The monoisotopic (exact) mass is 594 g/mol. The number of benzene rings is 2. The molecule has 2 fully saturated rings. The normalized spacial score (nSPS) is 31.3. The molecule has 228 valence electrons. The number of carbonyl (C=O) groups excluding carboxylic acids is 4. The number of ether oxygens (including phenoxy) is 2. The Hall–Kier alpha value is -4.14. The van der Waals surface area contributed by atoms with Gasteiger partial charge in [-0.05, 0) is 36.1 Å². The van der Waals surface area contributed by atoms with Crippen molar-refractivity contribution in [3.63, 3.8) is 0 Å². The topological polar surface area (TPSA) is 93.2 Å². The molecule has 4 aliphatic rings. The quantitative estimate of drug-likeness (QED) is 0.222. The van der Waals surface area contributed by atoms with Crippen molar-refractivity contribution in [3.05, 3.63) is 97.1 Å². The van der Waals surface area contributed by atoms with Gasteiger partial charge in [0.2, 0.25) is 23.6 Å². The predicted molar refractivity (Wildman–Crippen MR) is 166 cm³/mol. The molecule has 2 heterocycles. The molecular weight excluding hydrogens is 556 g/mol. The maximum Gasteiger partial charge on any atom is 0.238 e. The molecule has 6 rings (SSSR count). The van der Waals surface area contributed by atoms with Gasteiger partial charge in [0.25, 0.3) is 0 Å². The number of carbonyl (C=O) groups is 4. The van der Waals surface area contributed by atoms with E-state index in [0.717, 1.165) is 0 Å². The average Bonchev–Trinajstić information content (AvgIpc) is 3.46. The zero-order valence-corrected chi connectivity index (χ0v) is 25.0. The molecule has 2 aromatic carbocycles. The number of anilines is 2. The van der Waals surface area contributed by atoms with Crippen LogP contribution in [0.2, 0.25) is 0 Å². The van der Waals surface area contributed by atoms with E-state index in [2.05, 4.69) is 0 Å². The molecule has 2 saturated heterocycles. The highest BCUT2D eigenvalue weighted by molar-refractivity contribution is 6.23. The van der Waals surface area contributed by atoms with Crippen LogP contribution >= 0.6 is 0 Å². The Labute approximate surface area is 258 Å². The summed E-state index contributed by atoms with van der Waals surface area (Å²) in [6, 6.07) is 18.2. The summed E-state index contributed by atoms with van der Waals surface area (Å²) in [6.07, 6.45) is 11.8. The minimum Gasteiger partial charge on any atom is -0.377 e. The predicted octanol–water partition coefficient (Wildman–Crippen LogP) is 4.83. The second kappa shape index (κ2) is 12.8. The van der Waals surface area contributed by atoms with Crippen LogP contribution in [0.15, 0.2) is 97.1 Å². The van der Waals surface area contributed by atoms with Crippen molar-refractivity contribution in [2.45, 2.75) is 13.8 Å². The van der Waals surface area contributed by atoms with Gasteiger partial charge >= 0.3 is 0 Å². The fourth-order valence-electron chi connectivity index (χ4n) is 7.21. The number of para-hydroxylation sites is 2. The summed E-state index contributed by atoms with van der Waals surface area (Å²) in [5.41, 5.74) is 1.22. The fourth-order valence-corrected chi connectivity index (χ4v) is 7.21. The Balaban J connectivity index is 0.986. The lowest BCUT2D eigenvalue weighted by atomic mass is 9.73. The molecule has 0 aromatic heterocycles. The van der Waals surface area contributed by atoms with Crippen LogP contribution in [0.5, 0.6) is 0 Å². The Bertz CT molecular complexity index is 1370. The van der Waals surface area contributed by atoms with Crippen molar-refractivity contribution in [1.82, 2.24) is 0 Å². The van der Waals surface area contributed by atoms with Crippen molar-refractivity contribution in [1.29, 1.82) is 0 Å². The van der Waals surface area contributed by atoms with Gasteiger partial charge in [-0.1, -0.05) is 86.7 Å². The van der Waals surface area contributed by atoms with E-state index >= 15 is 0 Å². The van der Waals surface area contributed by atoms with Crippen LogP contribution in [0.1, 0.15) is 13.8 Å². The lowest BCUT2D eigenvalue weighted by Gasteiger charge is -2.29. The third-order valence-electron chi connectivity index (χ3n) is 9.42. The van der Waals surface area contributed by atoms with Gasteiger partial charge < -0.3 is 9.47 Å². The molecule has 8 heteroatoms. The third-order valence-corrected chi connectivity index (χ3v) is 9.42. The van der Waals surface area contributed by atoms with Crippen molar-refractivity contribution in [2.75, 3.05) is 36.2 Å². The summed E-state index contributed by atoms with van der Waals surface area (Å²) < 4.78 is 11.8. The largest absolute Gasteiger partial charge is 0.377 e. The van der Waals surface area contributed by atoms with E-state index in [1.807, 2.05) is 86.7 Å². The van der Waals surface area contributed by atoms with E-state index in [-0.39, 0.29) is 59.1 Å². The van der Waals surface area contributed by atoms with Gasteiger partial charge in [-0.2, -0.15) is 0 Å². The highest BCUT2D eigenvalue weighted by atomic mass is 16.5. The van der Waals surface area contributed by atoms with Gasteiger partial charge in [0.1, 0.15) is 0 Å². The SMILES string of the molecule is CC1C=CC(COC/C=C/COCC2C=CC(C)C3C(=O)N(c4ccccc4)C(=O)C23)C2C(=O)N(c3ccccc3)C(=O)C12. The number of hydrogen-bond acceptors (Lipinski definition) is 6. The zero-order chi connectivity index (χ0) is 30.8. The highest BCUT2D eigenvalue weighted by Crippen LogP contribution is 2.44. The van der Waals surface area contributed by atoms with Gasteiger partial charge in [0.15, 0.2) is 0 Å². The number of amides is 4. The first-order valence-electron chi connectivity index (χ1n) is 15.4. The standard InChI is InChI=1S/C36H38N2O6/c1-23-15-17-25(31-29(23)33(39)37(35(31)41)27-11-5-3-6-12-27)21-43-19-9-10-20-44-22-26-18-16-24(2)30-32(26)36(42)38(34(30)40)28-13-7-4-8-14-28/h3-18,23-26,29-32H,19-22H2,1-2H3/b10-9+. The number of hydrogen-bond donors (Lipinski definition) is 0. The summed E-state index contributed by atoms with van der Waals surface area (Å²) in [5.74, 6) is -2.66. The van der Waals surface area contributed by atoms with Crippen LogP contribution < -0.4 is 9.80 Å². The van der Waals surface area contributed by atoms with Crippen LogP contribution in [0, 0.1) is 47.3 Å². The molecule has 0 saturated carbocycles. The van der Waals surface area contributed by atoms with Gasteiger partial charge in [-0.25, -0.2) is 0 Å². The summed E-state index contributed by atoms with van der Waals surface area (Å²) in [6.45, 7) is 5.32. The van der Waals surface area contributed by atoms with Crippen LogP contribution in [0.3, 0.4) is 0 Å². The first-order chi connectivity index (χ1) is 21.4. The molecule has 0 N–H and O–H groups in total. The van der Waals surface area contributed by atoms with E-state index in [0.29, 0.717) is 37.8 Å². The number of rotatable bonds is 10. The van der Waals surface area contributed by atoms with Crippen molar-refractivity contribution < 1.29 is 28.7 Å². The third kappa shape index (κ3) is 5.48. The second-order valence-electron chi connectivity index (χ2n) is 12.2. The molecule has 8 unspecified atom stereocenters. The minimum absolute atomic E-state index is 0.0185. The van der Waals surface area contributed by atoms with Gasteiger partial charge in [-0.3, -0.25) is 29.0 Å². The molecule has 4 amide bonds. The molecule has 44 heavy (non-hydrogen) atoms. The van der Waals surface area contributed by atoms with Crippen LogP contribution in [-0.2, 0) is 28.7 Å². The number of fused-ring (bicyclic) bond motifs is 2. The molecule has 0 bridgehead atoms. The van der Waals surface area contributed by atoms with E-state index < -0.39 is 11.8 Å². The Kier molecular flexibility index (Phi) is 8.73. The molecule has 2 aromatic rings. The minimum atomic E-state index is -0.437. The van der Waals surface area contributed by atoms with Gasteiger partial charge in [0.05, 0.1) is 61.5 Å². The average molecular weight is 595 g/mol. The Morgan fingerprint density at radius 3 is 1.30 bits per heavy atom. The Morgan fingerprint density at radius 1 is 0.545 bits per heavy atom. The summed E-state index contributed by atoms with van der Waals surface area (Å²) in [7, 11) is 0. The van der Waals surface area contributed by atoms with Gasteiger partial charge in [0, 0.05) is 11.8 Å². The molecule has 2 aliphatic carbocycles. The molecular formula is C36H38N2O6. The Morgan fingerprint density at radius 2 is 0.909 bits per heavy atom. The van der Waals surface area contributed by atoms with Crippen molar-refractivity contribution >= 4 is 35.0 Å². The first-order valence-corrected chi connectivity index (χ1v) is 15.4. The summed E-state index contributed by atoms with van der Waals surface area (Å²) >= 11 is 0. The maximum absolute atomic E-state index is 13.4.